The molecule has 0 radical (unpaired) electrons. The number of likely N-dealkylation sites (N-methyl/N-ethyl adjacent to an activating group) is 1. The lowest BCUT2D eigenvalue weighted by atomic mass is 9.64. The first kappa shape index (κ1) is 18.4. The SMILES string of the molecule is C[C@H]1CC(C)(C)C[C@@]2(C1)NC(=O)N(CC(=O)N(C)c1ccccc1)C2=O. The Morgan fingerprint density at radius 1 is 1.23 bits per heavy atom. The predicted octanol–water partition coefficient (Wildman–Crippen LogP) is 2.79. The number of hydrogen-bond acceptors (Lipinski definition) is 3. The van der Waals surface area contributed by atoms with Crippen LogP contribution in [0.15, 0.2) is 30.3 Å². The highest BCUT2D eigenvalue weighted by molar-refractivity contribution is 6.10. The number of anilines is 1. The first-order chi connectivity index (χ1) is 12.1. The number of urea groups is 1. The Labute approximate surface area is 154 Å². The number of amides is 4. The minimum atomic E-state index is -0.871. The average molecular weight is 357 g/mol. The first-order valence-electron chi connectivity index (χ1n) is 9.09. The van der Waals surface area contributed by atoms with Gasteiger partial charge in [-0.05, 0) is 42.7 Å². The molecule has 0 aromatic heterocycles. The molecule has 1 saturated heterocycles. The van der Waals surface area contributed by atoms with Gasteiger partial charge < -0.3 is 10.2 Å². The van der Waals surface area contributed by atoms with Crippen molar-refractivity contribution in [3.8, 4) is 0 Å². The lowest BCUT2D eigenvalue weighted by Gasteiger charge is -2.43. The second-order valence-corrected chi connectivity index (χ2v) is 8.55. The van der Waals surface area contributed by atoms with E-state index >= 15 is 0 Å². The maximum Gasteiger partial charge on any atom is 0.325 e. The summed E-state index contributed by atoms with van der Waals surface area (Å²) in [5, 5.41) is 2.91. The van der Waals surface area contributed by atoms with Gasteiger partial charge in [0, 0.05) is 12.7 Å². The van der Waals surface area contributed by atoms with Crippen LogP contribution in [0.3, 0.4) is 0 Å². The monoisotopic (exact) mass is 357 g/mol. The van der Waals surface area contributed by atoms with Gasteiger partial charge in [-0.1, -0.05) is 39.0 Å². The Balaban J connectivity index is 1.76. The third kappa shape index (κ3) is 3.32. The third-order valence-electron chi connectivity index (χ3n) is 5.44. The molecular weight excluding hydrogens is 330 g/mol. The van der Waals surface area contributed by atoms with Gasteiger partial charge >= 0.3 is 6.03 Å². The van der Waals surface area contributed by atoms with Crippen molar-refractivity contribution < 1.29 is 14.4 Å². The first-order valence-corrected chi connectivity index (χ1v) is 9.09. The molecule has 1 aliphatic heterocycles. The molecule has 0 unspecified atom stereocenters. The Morgan fingerprint density at radius 3 is 2.50 bits per heavy atom. The van der Waals surface area contributed by atoms with E-state index in [1.807, 2.05) is 30.3 Å². The fourth-order valence-electron chi connectivity index (χ4n) is 4.69. The van der Waals surface area contributed by atoms with Crippen LogP contribution in [0.5, 0.6) is 0 Å². The molecule has 6 heteroatoms. The number of imide groups is 1. The van der Waals surface area contributed by atoms with Crippen molar-refractivity contribution in [2.24, 2.45) is 11.3 Å². The molecular formula is C20H27N3O3. The van der Waals surface area contributed by atoms with Crippen molar-refractivity contribution in [3.63, 3.8) is 0 Å². The Kier molecular flexibility index (Phi) is 4.54. The molecule has 3 rings (SSSR count). The van der Waals surface area contributed by atoms with Gasteiger partial charge in [-0.3, -0.25) is 14.5 Å². The highest BCUT2D eigenvalue weighted by Gasteiger charge is 2.56. The lowest BCUT2D eigenvalue weighted by Crippen LogP contribution is -2.54. The van der Waals surface area contributed by atoms with Crippen LogP contribution in [0.1, 0.15) is 40.0 Å². The van der Waals surface area contributed by atoms with Crippen LogP contribution in [-0.2, 0) is 9.59 Å². The maximum atomic E-state index is 13.1. The smallest absolute Gasteiger partial charge is 0.323 e. The van der Waals surface area contributed by atoms with Gasteiger partial charge in [0.15, 0.2) is 0 Å². The summed E-state index contributed by atoms with van der Waals surface area (Å²) in [6.07, 6.45) is 2.25. The quantitative estimate of drug-likeness (QED) is 0.846. The number of hydrogen-bond donors (Lipinski definition) is 1. The number of carbonyl (C=O) groups is 3. The second-order valence-electron chi connectivity index (χ2n) is 8.55. The molecule has 1 aromatic carbocycles. The topological polar surface area (TPSA) is 69.7 Å². The molecule has 1 spiro atoms. The largest absolute Gasteiger partial charge is 0.325 e. The number of benzene rings is 1. The summed E-state index contributed by atoms with van der Waals surface area (Å²) in [6, 6.07) is 8.72. The van der Waals surface area contributed by atoms with Crippen LogP contribution < -0.4 is 10.2 Å². The van der Waals surface area contributed by atoms with Gasteiger partial charge in [-0.2, -0.15) is 0 Å². The summed E-state index contributed by atoms with van der Waals surface area (Å²) in [6.45, 7) is 6.12. The summed E-state index contributed by atoms with van der Waals surface area (Å²) >= 11 is 0. The molecule has 140 valence electrons. The second kappa shape index (κ2) is 6.41. The predicted molar refractivity (Wildman–Crippen MR) is 99.6 cm³/mol. The Bertz CT molecular complexity index is 731. The molecule has 4 amide bonds. The summed E-state index contributed by atoms with van der Waals surface area (Å²) < 4.78 is 0. The molecule has 2 atom stereocenters. The summed E-state index contributed by atoms with van der Waals surface area (Å²) in [4.78, 5) is 40.7. The zero-order chi connectivity index (χ0) is 19.1. The Hall–Kier alpha value is -2.37. The van der Waals surface area contributed by atoms with Gasteiger partial charge in [0.2, 0.25) is 5.91 Å². The van der Waals surface area contributed by atoms with Crippen molar-refractivity contribution in [1.82, 2.24) is 10.2 Å². The summed E-state index contributed by atoms with van der Waals surface area (Å²) in [5.74, 6) is -0.220. The van der Waals surface area contributed by atoms with Gasteiger partial charge in [-0.25, -0.2) is 4.79 Å². The molecule has 2 fully saturated rings. The number of nitrogens with one attached hydrogen (secondary N) is 1. The highest BCUT2D eigenvalue weighted by atomic mass is 16.2. The minimum absolute atomic E-state index is 0.0263. The van der Waals surface area contributed by atoms with Crippen molar-refractivity contribution in [2.75, 3.05) is 18.5 Å². The molecule has 6 nitrogen and oxygen atoms in total. The van der Waals surface area contributed by atoms with Crippen molar-refractivity contribution in [3.05, 3.63) is 30.3 Å². The van der Waals surface area contributed by atoms with E-state index in [0.717, 1.165) is 17.0 Å². The summed E-state index contributed by atoms with van der Waals surface area (Å²) in [5.41, 5.74) is -0.169. The number of carbonyl (C=O) groups excluding carboxylic acids is 3. The maximum absolute atomic E-state index is 13.1. The van der Waals surface area contributed by atoms with E-state index in [0.29, 0.717) is 18.8 Å². The molecule has 0 bridgehead atoms. The van der Waals surface area contributed by atoms with E-state index in [1.54, 1.807) is 7.05 Å². The Morgan fingerprint density at radius 2 is 1.88 bits per heavy atom. The standard InChI is InChI=1S/C20H27N3O3/c1-14-10-19(2,3)13-20(11-14)17(25)23(18(26)21-20)12-16(24)22(4)15-8-6-5-7-9-15/h5-9,14H,10-13H2,1-4H3,(H,21,26)/t14-,20+/m0/s1. The average Bonchev–Trinajstić information content (AvgIpc) is 2.76. The minimum Gasteiger partial charge on any atom is -0.323 e. The van der Waals surface area contributed by atoms with E-state index < -0.39 is 11.6 Å². The van der Waals surface area contributed by atoms with Gasteiger partial charge in [0.25, 0.3) is 5.91 Å². The third-order valence-corrected chi connectivity index (χ3v) is 5.44. The summed E-state index contributed by atoms with van der Waals surface area (Å²) in [7, 11) is 1.65. The van der Waals surface area contributed by atoms with Crippen LogP contribution in [0, 0.1) is 11.3 Å². The van der Waals surface area contributed by atoms with Gasteiger partial charge in [0.05, 0.1) is 0 Å². The molecule has 26 heavy (non-hydrogen) atoms. The van der Waals surface area contributed by atoms with Crippen LogP contribution >= 0.6 is 0 Å². The fourth-order valence-corrected chi connectivity index (χ4v) is 4.69. The number of rotatable bonds is 3. The molecule has 1 saturated carbocycles. The lowest BCUT2D eigenvalue weighted by molar-refractivity contribution is -0.137. The fraction of sp³-hybridized carbons (Fsp3) is 0.550. The normalized spacial score (nSPS) is 27.5. The van der Waals surface area contributed by atoms with Crippen LogP contribution in [0.2, 0.25) is 0 Å². The number of para-hydroxylation sites is 1. The van der Waals surface area contributed by atoms with E-state index in [4.69, 9.17) is 0 Å². The molecule has 1 heterocycles. The highest BCUT2D eigenvalue weighted by Crippen LogP contribution is 2.46. The van der Waals surface area contributed by atoms with Gasteiger partial charge in [-0.15, -0.1) is 0 Å². The zero-order valence-corrected chi connectivity index (χ0v) is 15.9. The van der Waals surface area contributed by atoms with Crippen molar-refractivity contribution >= 4 is 23.5 Å². The van der Waals surface area contributed by atoms with E-state index in [9.17, 15) is 14.4 Å². The molecule has 1 aliphatic carbocycles. The van der Waals surface area contributed by atoms with Crippen molar-refractivity contribution in [1.29, 1.82) is 0 Å². The van der Waals surface area contributed by atoms with E-state index in [2.05, 4.69) is 26.1 Å². The van der Waals surface area contributed by atoms with Crippen molar-refractivity contribution in [2.45, 2.75) is 45.6 Å². The van der Waals surface area contributed by atoms with Crippen LogP contribution in [-0.4, -0.2) is 41.9 Å². The number of nitrogens with zero attached hydrogens (tertiary/aromatic N) is 2. The molecule has 1 aromatic rings. The van der Waals surface area contributed by atoms with E-state index in [1.165, 1.54) is 4.90 Å². The zero-order valence-electron chi connectivity index (χ0n) is 15.9. The van der Waals surface area contributed by atoms with Gasteiger partial charge in [0.1, 0.15) is 12.1 Å². The molecule has 1 N–H and O–H groups in total. The van der Waals surface area contributed by atoms with Crippen LogP contribution in [0.25, 0.3) is 0 Å². The molecule has 2 aliphatic rings. The van der Waals surface area contributed by atoms with E-state index in [-0.39, 0.29) is 23.8 Å². The van der Waals surface area contributed by atoms with Crippen LogP contribution in [0.4, 0.5) is 10.5 Å².